The minimum atomic E-state index is -0.501. The van der Waals surface area contributed by atoms with Gasteiger partial charge in [-0.1, -0.05) is 12.1 Å². The summed E-state index contributed by atoms with van der Waals surface area (Å²) in [5, 5.41) is 15.2. The average molecular weight is 417 g/mol. The third-order valence-corrected chi connectivity index (χ3v) is 5.32. The number of aromatic nitrogens is 6. The quantitative estimate of drug-likeness (QED) is 0.511. The van der Waals surface area contributed by atoms with E-state index >= 15 is 0 Å². The van der Waals surface area contributed by atoms with Crippen LogP contribution in [0, 0.1) is 0 Å². The first-order valence-electron chi connectivity index (χ1n) is 10.0. The van der Waals surface area contributed by atoms with E-state index in [2.05, 4.69) is 25.8 Å². The second-order valence-corrected chi connectivity index (χ2v) is 7.45. The number of amides is 1. The molecule has 156 valence electrons. The van der Waals surface area contributed by atoms with E-state index in [1.54, 1.807) is 25.1 Å². The number of anilines is 1. The van der Waals surface area contributed by atoms with Gasteiger partial charge in [0.15, 0.2) is 5.82 Å². The third kappa shape index (κ3) is 3.41. The summed E-state index contributed by atoms with van der Waals surface area (Å²) in [4.78, 5) is 39.9. The molecule has 4 aromatic rings. The maximum Gasteiger partial charge on any atom is 0.328 e. The summed E-state index contributed by atoms with van der Waals surface area (Å²) < 4.78 is 2.92. The van der Waals surface area contributed by atoms with Crippen molar-refractivity contribution < 1.29 is 4.79 Å². The minimum absolute atomic E-state index is 0.271. The van der Waals surface area contributed by atoms with Gasteiger partial charge in [-0.15, -0.1) is 5.10 Å². The van der Waals surface area contributed by atoms with Crippen LogP contribution >= 0.6 is 0 Å². The van der Waals surface area contributed by atoms with Crippen LogP contribution in [0.4, 0.5) is 5.69 Å². The molecule has 0 radical (unpaired) electrons. The van der Waals surface area contributed by atoms with E-state index in [0.717, 1.165) is 23.0 Å². The molecule has 10 heteroatoms. The van der Waals surface area contributed by atoms with Crippen molar-refractivity contribution in [1.29, 1.82) is 0 Å². The molecule has 2 aromatic carbocycles. The first-order valence-corrected chi connectivity index (χ1v) is 10.0. The molecule has 0 unspecified atom stereocenters. The number of aromatic amines is 1. The van der Waals surface area contributed by atoms with E-state index in [4.69, 9.17) is 0 Å². The molecule has 31 heavy (non-hydrogen) atoms. The number of nitrogens with one attached hydrogen (secondary N) is 2. The third-order valence-electron chi connectivity index (χ3n) is 5.32. The molecule has 0 atom stereocenters. The molecule has 5 rings (SSSR count). The maximum absolute atomic E-state index is 12.8. The van der Waals surface area contributed by atoms with Crippen molar-refractivity contribution in [3.05, 3.63) is 68.9 Å². The zero-order chi connectivity index (χ0) is 21.5. The van der Waals surface area contributed by atoms with Gasteiger partial charge in [-0.25, -0.2) is 9.48 Å². The smallest absolute Gasteiger partial charge is 0.322 e. The minimum Gasteiger partial charge on any atom is -0.322 e. The molecule has 1 aliphatic carbocycles. The molecule has 0 saturated heterocycles. The standard InChI is InChI=1S/C21H19N7O3/c1-2-27-20(30)16-9-6-13(11-17(16)23-21(27)31)19(29)22-14-5-3-4-12(10-14)18-24-25-26-28(18)15-7-8-15/h3-6,9-11,15H,2,7-8H2,1H3,(H,22,29)(H,23,31). The molecule has 0 spiro atoms. The van der Waals surface area contributed by atoms with Crippen LogP contribution < -0.4 is 16.6 Å². The van der Waals surface area contributed by atoms with Crippen LogP contribution in [0.25, 0.3) is 22.3 Å². The van der Waals surface area contributed by atoms with Gasteiger partial charge in [-0.2, -0.15) is 0 Å². The summed E-state index contributed by atoms with van der Waals surface area (Å²) in [6, 6.07) is 12.2. The van der Waals surface area contributed by atoms with Crippen molar-refractivity contribution in [2.45, 2.75) is 32.4 Å². The molecule has 0 aliphatic heterocycles. The van der Waals surface area contributed by atoms with Crippen molar-refractivity contribution in [1.82, 2.24) is 29.8 Å². The fourth-order valence-electron chi connectivity index (χ4n) is 3.57. The van der Waals surface area contributed by atoms with Crippen molar-refractivity contribution in [2.75, 3.05) is 5.32 Å². The van der Waals surface area contributed by atoms with Crippen molar-refractivity contribution >= 4 is 22.5 Å². The number of benzene rings is 2. The van der Waals surface area contributed by atoms with E-state index in [1.807, 2.05) is 22.9 Å². The first-order chi connectivity index (χ1) is 15.0. The number of carbonyl (C=O) groups excluding carboxylic acids is 1. The van der Waals surface area contributed by atoms with Crippen LogP contribution in [0.15, 0.2) is 52.1 Å². The topological polar surface area (TPSA) is 128 Å². The monoisotopic (exact) mass is 417 g/mol. The van der Waals surface area contributed by atoms with Crippen LogP contribution in [0.2, 0.25) is 0 Å². The fraction of sp³-hybridized carbons (Fsp3) is 0.238. The molecule has 2 aromatic heterocycles. The van der Waals surface area contributed by atoms with Gasteiger partial charge in [0, 0.05) is 23.4 Å². The summed E-state index contributed by atoms with van der Waals surface area (Å²) in [5.74, 6) is 0.301. The number of fused-ring (bicyclic) bond motifs is 1. The van der Waals surface area contributed by atoms with Crippen LogP contribution in [0.3, 0.4) is 0 Å². The fourth-order valence-corrected chi connectivity index (χ4v) is 3.57. The molecule has 2 heterocycles. The van der Waals surface area contributed by atoms with E-state index in [9.17, 15) is 14.4 Å². The summed E-state index contributed by atoms with van der Waals surface area (Å²) in [7, 11) is 0. The molecule has 1 fully saturated rings. The highest BCUT2D eigenvalue weighted by Crippen LogP contribution is 2.36. The second-order valence-electron chi connectivity index (χ2n) is 7.45. The van der Waals surface area contributed by atoms with Crippen LogP contribution in [0.5, 0.6) is 0 Å². The molecule has 10 nitrogen and oxygen atoms in total. The lowest BCUT2D eigenvalue weighted by molar-refractivity contribution is 0.102. The molecule has 2 N–H and O–H groups in total. The Morgan fingerprint density at radius 1 is 1.19 bits per heavy atom. The highest BCUT2D eigenvalue weighted by Gasteiger charge is 2.28. The Bertz CT molecular complexity index is 1430. The van der Waals surface area contributed by atoms with Gasteiger partial charge in [0.25, 0.3) is 11.5 Å². The molecule has 0 bridgehead atoms. The average Bonchev–Trinajstić information content (AvgIpc) is 3.50. The molecular formula is C21H19N7O3. The predicted molar refractivity (Wildman–Crippen MR) is 114 cm³/mol. The number of rotatable bonds is 5. The molecule has 1 saturated carbocycles. The summed E-state index contributed by atoms with van der Waals surface area (Å²) in [6.07, 6.45) is 2.11. The van der Waals surface area contributed by atoms with Crippen molar-refractivity contribution in [3.8, 4) is 11.4 Å². The summed E-state index contributed by atoms with van der Waals surface area (Å²) in [5.41, 5.74) is 1.16. The van der Waals surface area contributed by atoms with Gasteiger partial charge >= 0.3 is 5.69 Å². The van der Waals surface area contributed by atoms with Gasteiger partial charge in [-0.3, -0.25) is 14.2 Å². The van der Waals surface area contributed by atoms with Crippen LogP contribution in [-0.2, 0) is 6.54 Å². The van der Waals surface area contributed by atoms with E-state index < -0.39 is 5.69 Å². The van der Waals surface area contributed by atoms with Gasteiger partial charge in [0.1, 0.15) is 0 Å². The van der Waals surface area contributed by atoms with E-state index in [1.165, 1.54) is 6.07 Å². The lowest BCUT2D eigenvalue weighted by atomic mass is 10.1. The van der Waals surface area contributed by atoms with Gasteiger partial charge in [0.2, 0.25) is 0 Å². The molecular weight excluding hydrogens is 398 g/mol. The number of H-pyrrole nitrogens is 1. The SMILES string of the molecule is CCn1c(=O)[nH]c2cc(C(=O)Nc3cccc(-c4nnnn4C4CC4)c3)ccc2c1=O. The number of hydrogen-bond acceptors (Lipinski definition) is 6. The largest absolute Gasteiger partial charge is 0.328 e. The molecule has 1 amide bonds. The summed E-state index contributed by atoms with van der Waals surface area (Å²) in [6.45, 7) is 1.99. The highest BCUT2D eigenvalue weighted by molar-refractivity contribution is 6.06. The van der Waals surface area contributed by atoms with Crippen molar-refractivity contribution in [3.63, 3.8) is 0 Å². The Balaban J connectivity index is 1.44. The maximum atomic E-state index is 12.8. The van der Waals surface area contributed by atoms with Gasteiger partial charge < -0.3 is 10.3 Å². The van der Waals surface area contributed by atoms with Gasteiger partial charge in [-0.05, 0) is 60.5 Å². The van der Waals surface area contributed by atoms with E-state index in [0.29, 0.717) is 34.0 Å². The lowest BCUT2D eigenvalue weighted by Gasteiger charge is -2.09. The first kappa shape index (κ1) is 18.9. The van der Waals surface area contributed by atoms with E-state index in [-0.39, 0.29) is 18.0 Å². The number of hydrogen-bond donors (Lipinski definition) is 2. The van der Waals surface area contributed by atoms with Gasteiger partial charge in [0.05, 0.1) is 16.9 Å². The Labute approximate surface area is 175 Å². The Kier molecular flexibility index (Phi) is 4.46. The van der Waals surface area contributed by atoms with Crippen LogP contribution in [0.1, 0.15) is 36.2 Å². The normalized spacial score (nSPS) is 13.5. The summed E-state index contributed by atoms with van der Waals surface area (Å²) >= 11 is 0. The Morgan fingerprint density at radius 3 is 2.81 bits per heavy atom. The Hall–Kier alpha value is -4.08. The second kappa shape index (κ2) is 7.31. The predicted octanol–water partition coefficient (Wildman–Crippen LogP) is 1.95. The zero-order valence-corrected chi connectivity index (χ0v) is 16.7. The van der Waals surface area contributed by atoms with Crippen LogP contribution in [-0.4, -0.2) is 35.7 Å². The lowest BCUT2D eigenvalue weighted by Crippen LogP contribution is -2.34. The number of carbonyl (C=O) groups is 1. The number of tetrazole rings is 1. The highest BCUT2D eigenvalue weighted by atomic mass is 16.2. The number of nitrogens with zero attached hydrogens (tertiary/aromatic N) is 5. The Morgan fingerprint density at radius 2 is 2.03 bits per heavy atom. The van der Waals surface area contributed by atoms with Crippen molar-refractivity contribution in [2.24, 2.45) is 0 Å². The zero-order valence-electron chi connectivity index (χ0n) is 16.7. The molecule has 1 aliphatic rings.